The second-order valence-electron chi connectivity index (χ2n) is 17.5. The van der Waals surface area contributed by atoms with E-state index in [1.807, 2.05) is 0 Å². The Bertz CT molecular complexity index is 1080. The molecule has 2 heterocycles. The van der Waals surface area contributed by atoms with Crippen molar-refractivity contribution in [2.75, 3.05) is 80.5 Å². The number of likely N-dealkylation sites (N-methyl/N-ethyl adjacent to an activating group) is 2. The Kier molecular flexibility index (Phi) is 12.7. The molecule has 0 aromatic carbocycles. The molecule has 6 rings (SSSR count). The number of rotatable bonds is 4. The van der Waals surface area contributed by atoms with Gasteiger partial charge in [0.2, 0.25) is 0 Å². The quantitative estimate of drug-likeness (QED) is 0.221. The Morgan fingerprint density at radius 2 is 1.22 bits per heavy atom. The molecule has 2 N–H and O–H groups in total. The summed E-state index contributed by atoms with van der Waals surface area (Å²) >= 11 is 0. The van der Waals surface area contributed by atoms with Crippen molar-refractivity contribution in [2.45, 2.75) is 96.9 Å². The molecular weight excluding hydrogens is 716 g/mol. The van der Waals surface area contributed by atoms with Gasteiger partial charge in [0.1, 0.15) is 12.2 Å². The average Bonchev–Trinajstić information content (AvgIpc) is 3.20. The SMILES string of the molecule is CC(=O)O[C@H]1CC2CCC3C(CC[C@@]4(C)C3C[C@H](N3CC[N+](C)(C)CC3)[C@@H]4OC(C)=O)[C@@]2(C)C[C@@H]1N1CC[N+](C)(C)CC1.O.[Br-].[Br-]. The van der Waals surface area contributed by atoms with Crippen molar-refractivity contribution in [3.63, 3.8) is 0 Å². The minimum absolute atomic E-state index is 0. The highest BCUT2D eigenvalue weighted by molar-refractivity contribution is 5.66. The maximum Gasteiger partial charge on any atom is 0.302 e. The van der Waals surface area contributed by atoms with Gasteiger partial charge in [0.25, 0.3) is 0 Å². The molecule has 2 saturated heterocycles. The summed E-state index contributed by atoms with van der Waals surface area (Å²) in [6, 6.07) is 0.656. The number of piperazine rings is 2. The molecule has 46 heavy (non-hydrogen) atoms. The number of fused-ring (bicyclic) bond motifs is 5. The molecule has 4 saturated carbocycles. The molecule has 0 bridgehead atoms. The normalized spacial score (nSPS) is 43.2. The van der Waals surface area contributed by atoms with Crippen molar-refractivity contribution >= 4 is 11.9 Å². The van der Waals surface area contributed by atoms with Crippen LogP contribution in [0.5, 0.6) is 0 Å². The third-order valence-electron chi connectivity index (χ3n) is 14.1. The fourth-order valence-corrected chi connectivity index (χ4v) is 11.4. The topological polar surface area (TPSA) is 90.6 Å². The number of nitrogens with zero attached hydrogens (tertiary/aromatic N) is 4. The standard InChI is InChI=1S/C35H62N4O4.2BrH.H2O/c1-24(40)42-32-21-26-9-10-27-28(35(26,4)23-31(32)37-15-19-39(7,8)20-16-37)11-12-34(3)29(27)22-30(33(34)43-25(2)41)36-13-17-38(5,6)18-14-36;;;/h26-33H,9-23H2,1-8H3;2*1H;1H2/q+2;;;/p-2/t26?,27?,28?,29?,30-,31-,32-,33-,34-,35-;;;/m0.../s1. The summed E-state index contributed by atoms with van der Waals surface area (Å²) in [6.07, 6.45) is 8.22. The minimum Gasteiger partial charge on any atom is -1.00 e. The van der Waals surface area contributed by atoms with E-state index in [1.54, 1.807) is 13.8 Å². The first-order valence-electron chi connectivity index (χ1n) is 17.6. The second kappa shape index (κ2) is 14.5. The van der Waals surface area contributed by atoms with E-state index in [2.05, 4.69) is 51.8 Å². The highest BCUT2D eigenvalue weighted by Crippen LogP contribution is 2.67. The number of carbonyl (C=O) groups excluding carboxylic acids is 2. The Labute approximate surface area is 300 Å². The summed E-state index contributed by atoms with van der Waals surface area (Å²) < 4.78 is 14.6. The number of carbonyl (C=O) groups is 2. The average molecular weight is 781 g/mol. The summed E-state index contributed by atoms with van der Waals surface area (Å²) in [4.78, 5) is 30.2. The van der Waals surface area contributed by atoms with Gasteiger partial charge >= 0.3 is 11.9 Å². The van der Waals surface area contributed by atoms with E-state index in [4.69, 9.17) is 9.47 Å². The molecule has 0 aromatic rings. The van der Waals surface area contributed by atoms with Crippen LogP contribution in [0.1, 0.15) is 72.6 Å². The zero-order valence-electron chi connectivity index (χ0n) is 29.9. The van der Waals surface area contributed by atoms with Crippen LogP contribution in [-0.4, -0.2) is 141 Å². The molecule has 268 valence electrons. The number of hydrogen-bond donors (Lipinski definition) is 0. The molecule has 9 nitrogen and oxygen atoms in total. The van der Waals surface area contributed by atoms with Crippen LogP contribution < -0.4 is 34.0 Å². The van der Waals surface area contributed by atoms with Gasteiger partial charge < -0.3 is 57.9 Å². The Hall–Kier alpha value is -0.300. The zero-order chi connectivity index (χ0) is 30.9. The summed E-state index contributed by atoms with van der Waals surface area (Å²) in [5.41, 5.74) is 0.308. The van der Waals surface area contributed by atoms with Crippen LogP contribution in [0.3, 0.4) is 0 Å². The maximum atomic E-state index is 12.5. The fourth-order valence-electron chi connectivity index (χ4n) is 11.4. The zero-order valence-corrected chi connectivity index (χ0v) is 33.1. The molecule has 6 aliphatic rings. The van der Waals surface area contributed by atoms with E-state index in [0.717, 1.165) is 80.6 Å². The van der Waals surface area contributed by atoms with E-state index in [1.165, 1.54) is 25.7 Å². The molecule has 11 heteroatoms. The van der Waals surface area contributed by atoms with E-state index in [0.29, 0.717) is 35.8 Å². The van der Waals surface area contributed by atoms with Gasteiger partial charge in [-0.2, -0.15) is 0 Å². The predicted octanol–water partition coefficient (Wildman–Crippen LogP) is -3.18. The Balaban J connectivity index is 0.00000192. The van der Waals surface area contributed by atoms with Crippen LogP contribution in [0.2, 0.25) is 0 Å². The smallest absolute Gasteiger partial charge is 0.302 e. The highest BCUT2D eigenvalue weighted by atomic mass is 79.9. The summed E-state index contributed by atoms with van der Waals surface area (Å²) in [6.45, 7) is 17.3. The van der Waals surface area contributed by atoms with Crippen molar-refractivity contribution in [1.29, 1.82) is 0 Å². The number of hydrogen-bond acceptors (Lipinski definition) is 6. The van der Waals surface area contributed by atoms with Crippen LogP contribution in [-0.2, 0) is 19.1 Å². The fraction of sp³-hybridized carbons (Fsp3) is 0.943. The molecule has 0 aromatic heterocycles. The van der Waals surface area contributed by atoms with Gasteiger partial charge in [0, 0.05) is 57.5 Å². The number of halogens is 2. The van der Waals surface area contributed by atoms with Crippen LogP contribution in [0.4, 0.5) is 0 Å². The minimum atomic E-state index is -0.123. The summed E-state index contributed by atoms with van der Waals surface area (Å²) in [5, 5.41) is 0. The lowest BCUT2D eigenvalue weighted by atomic mass is 9.44. The monoisotopic (exact) mass is 778 g/mol. The van der Waals surface area contributed by atoms with Gasteiger partial charge in [-0.05, 0) is 74.0 Å². The van der Waals surface area contributed by atoms with Crippen molar-refractivity contribution in [2.24, 2.45) is 34.5 Å². The van der Waals surface area contributed by atoms with E-state index in [-0.39, 0.29) is 74.4 Å². The van der Waals surface area contributed by atoms with Crippen LogP contribution in [0, 0.1) is 34.5 Å². The number of quaternary nitrogens is 2. The van der Waals surface area contributed by atoms with E-state index >= 15 is 0 Å². The molecule has 0 radical (unpaired) electrons. The number of esters is 2. The third-order valence-corrected chi connectivity index (χ3v) is 14.1. The largest absolute Gasteiger partial charge is 1.00 e. The van der Waals surface area contributed by atoms with Crippen molar-refractivity contribution in [1.82, 2.24) is 9.80 Å². The van der Waals surface area contributed by atoms with E-state index < -0.39 is 0 Å². The second-order valence-corrected chi connectivity index (χ2v) is 17.5. The van der Waals surface area contributed by atoms with Gasteiger partial charge in [-0.15, -0.1) is 0 Å². The first kappa shape index (κ1) is 40.1. The molecule has 4 unspecified atom stereocenters. The summed E-state index contributed by atoms with van der Waals surface area (Å²) in [7, 11) is 9.36. The molecule has 10 atom stereocenters. The maximum absolute atomic E-state index is 12.5. The highest BCUT2D eigenvalue weighted by Gasteiger charge is 2.65. The van der Waals surface area contributed by atoms with Gasteiger partial charge in [-0.25, -0.2) is 0 Å². The first-order valence-corrected chi connectivity index (χ1v) is 17.6. The van der Waals surface area contributed by atoms with Gasteiger partial charge in [0.15, 0.2) is 0 Å². The van der Waals surface area contributed by atoms with Crippen molar-refractivity contribution in [3.8, 4) is 0 Å². The predicted molar refractivity (Wildman–Crippen MR) is 172 cm³/mol. The Morgan fingerprint density at radius 3 is 1.74 bits per heavy atom. The molecule has 4 aliphatic carbocycles. The summed E-state index contributed by atoms with van der Waals surface area (Å²) in [5.74, 6) is 2.35. The molecule has 6 fully saturated rings. The van der Waals surface area contributed by atoms with Gasteiger partial charge in [0.05, 0.1) is 54.4 Å². The van der Waals surface area contributed by atoms with Crippen LogP contribution in [0.15, 0.2) is 0 Å². The molecular formula is C35H64Br2N4O5. The van der Waals surface area contributed by atoms with E-state index in [9.17, 15) is 9.59 Å². The lowest BCUT2D eigenvalue weighted by molar-refractivity contribution is -0.894. The van der Waals surface area contributed by atoms with Gasteiger partial charge in [-0.1, -0.05) is 13.8 Å². The molecule has 2 aliphatic heterocycles. The van der Waals surface area contributed by atoms with Crippen molar-refractivity contribution in [3.05, 3.63) is 0 Å². The Morgan fingerprint density at radius 1 is 0.696 bits per heavy atom. The van der Waals surface area contributed by atoms with Crippen LogP contribution >= 0.6 is 0 Å². The lowest BCUT2D eigenvalue weighted by Crippen LogP contribution is -3.00. The number of ether oxygens (including phenoxy) is 2. The molecule has 0 spiro atoms. The van der Waals surface area contributed by atoms with Crippen LogP contribution in [0.25, 0.3) is 0 Å². The lowest BCUT2D eigenvalue weighted by Gasteiger charge is -2.62. The molecule has 0 amide bonds. The third kappa shape index (κ3) is 7.41. The first-order chi connectivity index (χ1) is 20.1. The van der Waals surface area contributed by atoms with Gasteiger partial charge in [-0.3, -0.25) is 19.4 Å². The van der Waals surface area contributed by atoms with Crippen molar-refractivity contribution < 1.29 is 67.5 Å².